The normalized spacial score (nSPS) is 11.2. The highest BCUT2D eigenvalue weighted by Crippen LogP contribution is 2.37. The van der Waals surface area contributed by atoms with Crippen LogP contribution in [0.15, 0.2) is 83.8 Å². The Hall–Kier alpha value is -2.01. The van der Waals surface area contributed by atoms with Crippen LogP contribution in [0.25, 0.3) is 0 Å². The number of nitrogens with zero attached hydrogens (tertiary/aromatic N) is 1. The molecule has 0 radical (unpaired) electrons. The van der Waals surface area contributed by atoms with E-state index in [0.29, 0.717) is 11.4 Å². The van der Waals surface area contributed by atoms with Crippen molar-refractivity contribution in [1.82, 2.24) is 0 Å². The van der Waals surface area contributed by atoms with Crippen LogP contribution in [0.4, 0.5) is 11.4 Å². The van der Waals surface area contributed by atoms with Crippen LogP contribution in [0.2, 0.25) is 10.0 Å². The lowest BCUT2D eigenvalue weighted by Crippen LogP contribution is -2.26. The maximum atomic E-state index is 13.3. The lowest BCUT2D eigenvalue weighted by atomic mass is 10.3. The van der Waals surface area contributed by atoms with Crippen molar-refractivity contribution in [2.45, 2.75) is 4.90 Å². The van der Waals surface area contributed by atoms with Crippen LogP contribution in [0.5, 0.6) is 0 Å². The fraction of sp³-hybridized carbons (Fsp3) is 0. The van der Waals surface area contributed by atoms with Crippen LogP contribution in [-0.4, -0.2) is 8.42 Å². The Morgan fingerprint density at radius 2 is 1.04 bits per heavy atom. The SMILES string of the molecule is O=S(=O)(c1c(Cl)cccc1Cl)N(c1ccccc1)c1ccccc1. The summed E-state index contributed by atoms with van der Waals surface area (Å²) in [5.41, 5.74) is 0.999. The van der Waals surface area contributed by atoms with Crippen molar-refractivity contribution >= 4 is 44.6 Å². The summed E-state index contributed by atoms with van der Waals surface area (Å²) in [5, 5.41) is 0.165. The van der Waals surface area contributed by atoms with Gasteiger partial charge in [0, 0.05) is 0 Å². The topological polar surface area (TPSA) is 37.4 Å². The van der Waals surface area contributed by atoms with Gasteiger partial charge in [0.25, 0.3) is 10.0 Å². The Balaban J connectivity index is 2.27. The number of halogens is 2. The molecule has 0 N–H and O–H groups in total. The van der Waals surface area contributed by atoms with E-state index in [1.807, 2.05) is 12.1 Å². The first-order chi connectivity index (χ1) is 11.5. The van der Waals surface area contributed by atoms with Crippen molar-refractivity contribution in [3.63, 3.8) is 0 Å². The summed E-state index contributed by atoms with van der Waals surface area (Å²) in [7, 11) is -4.00. The van der Waals surface area contributed by atoms with Crippen molar-refractivity contribution in [3.05, 3.63) is 88.9 Å². The highest BCUT2D eigenvalue weighted by molar-refractivity contribution is 7.93. The molecule has 3 aromatic carbocycles. The molecule has 0 aromatic heterocycles. The number of benzene rings is 3. The second kappa shape index (κ2) is 6.85. The molecule has 0 heterocycles. The molecule has 3 nitrogen and oxygen atoms in total. The number of anilines is 2. The molecule has 0 saturated carbocycles. The average Bonchev–Trinajstić information content (AvgIpc) is 2.56. The van der Waals surface area contributed by atoms with Crippen molar-refractivity contribution in [2.24, 2.45) is 0 Å². The Labute approximate surface area is 151 Å². The minimum absolute atomic E-state index is 0.0827. The zero-order chi connectivity index (χ0) is 17.2. The second-order valence-corrected chi connectivity index (χ2v) is 7.53. The molecule has 3 aromatic rings. The molecule has 0 unspecified atom stereocenters. The lowest BCUT2D eigenvalue weighted by Gasteiger charge is -2.25. The van der Waals surface area contributed by atoms with Crippen LogP contribution in [0.3, 0.4) is 0 Å². The van der Waals surface area contributed by atoms with E-state index >= 15 is 0 Å². The van der Waals surface area contributed by atoms with Gasteiger partial charge in [-0.05, 0) is 36.4 Å². The zero-order valence-electron chi connectivity index (χ0n) is 12.4. The highest BCUT2D eigenvalue weighted by Gasteiger charge is 2.30. The third-order valence-corrected chi connectivity index (χ3v) is 6.11. The minimum atomic E-state index is -4.00. The Kier molecular flexibility index (Phi) is 4.81. The van der Waals surface area contributed by atoms with Crippen LogP contribution >= 0.6 is 23.2 Å². The van der Waals surface area contributed by atoms with Gasteiger partial charge in [-0.15, -0.1) is 0 Å². The maximum absolute atomic E-state index is 13.3. The first-order valence-electron chi connectivity index (χ1n) is 7.11. The molecule has 24 heavy (non-hydrogen) atoms. The molecule has 3 rings (SSSR count). The number of hydrogen-bond donors (Lipinski definition) is 0. The van der Waals surface area contributed by atoms with Gasteiger partial charge in [-0.25, -0.2) is 12.7 Å². The molecule has 0 aliphatic heterocycles. The predicted octanol–water partition coefficient (Wildman–Crippen LogP) is 5.52. The summed E-state index contributed by atoms with van der Waals surface area (Å²) in [6.07, 6.45) is 0. The Morgan fingerprint density at radius 3 is 1.46 bits per heavy atom. The second-order valence-electron chi connectivity index (χ2n) is 4.99. The van der Waals surface area contributed by atoms with Gasteiger partial charge in [0.05, 0.1) is 21.4 Å². The number of rotatable bonds is 4. The van der Waals surface area contributed by atoms with Crippen LogP contribution < -0.4 is 4.31 Å². The van der Waals surface area contributed by atoms with E-state index in [1.165, 1.54) is 16.4 Å². The predicted molar refractivity (Wildman–Crippen MR) is 98.7 cm³/mol. The highest BCUT2D eigenvalue weighted by atomic mass is 35.5. The number of para-hydroxylation sites is 2. The van der Waals surface area contributed by atoms with Crippen LogP contribution in [0, 0.1) is 0 Å². The van der Waals surface area contributed by atoms with Crippen molar-refractivity contribution in [1.29, 1.82) is 0 Å². The third kappa shape index (κ3) is 3.13. The summed E-state index contributed by atoms with van der Waals surface area (Å²) < 4.78 is 27.9. The molecular formula is C18H13Cl2NO2S. The van der Waals surface area contributed by atoms with E-state index < -0.39 is 10.0 Å². The first kappa shape index (κ1) is 16.8. The minimum Gasteiger partial charge on any atom is -0.234 e. The molecule has 0 aliphatic carbocycles. The van der Waals surface area contributed by atoms with Crippen LogP contribution in [-0.2, 0) is 10.0 Å². The number of sulfonamides is 1. The summed E-state index contributed by atoms with van der Waals surface area (Å²) in [5.74, 6) is 0. The zero-order valence-corrected chi connectivity index (χ0v) is 14.8. The average molecular weight is 378 g/mol. The summed E-state index contributed by atoms with van der Waals surface area (Å²) in [6, 6.07) is 22.2. The quantitative estimate of drug-likeness (QED) is 0.599. The van der Waals surface area contributed by atoms with Gasteiger partial charge >= 0.3 is 0 Å². The molecular weight excluding hydrogens is 365 g/mol. The fourth-order valence-corrected chi connectivity index (χ4v) is 4.97. The van der Waals surface area contributed by atoms with Crippen molar-refractivity contribution in [2.75, 3.05) is 4.31 Å². The maximum Gasteiger partial charge on any atom is 0.271 e. The van der Waals surface area contributed by atoms with E-state index in [2.05, 4.69) is 0 Å². The van der Waals surface area contributed by atoms with Gasteiger partial charge < -0.3 is 0 Å². The lowest BCUT2D eigenvalue weighted by molar-refractivity contribution is 0.596. The summed E-state index contributed by atoms with van der Waals surface area (Å²) in [4.78, 5) is -0.110. The third-order valence-electron chi connectivity index (χ3n) is 3.40. The standard InChI is InChI=1S/C18H13Cl2NO2S/c19-16-12-7-13-17(20)18(16)24(22,23)21(14-8-3-1-4-9-14)15-10-5-2-6-11-15/h1-13H. The summed E-state index contributed by atoms with van der Waals surface area (Å²) in [6.45, 7) is 0. The monoisotopic (exact) mass is 377 g/mol. The largest absolute Gasteiger partial charge is 0.271 e. The molecule has 0 fully saturated rings. The van der Waals surface area contributed by atoms with Gasteiger partial charge in [-0.3, -0.25) is 0 Å². The first-order valence-corrected chi connectivity index (χ1v) is 9.31. The number of hydrogen-bond acceptors (Lipinski definition) is 2. The molecule has 0 saturated heterocycles. The van der Waals surface area contributed by atoms with Gasteiger partial charge in [0.15, 0.2) is 0 Å². The molecule has 0 bridgehead atoms. The molecule has 122 valence electrons. The Morgan fingerprint density at radius 1 is 0.625 bits per heavy atom. The smallest absolute Gasteiger partial charge is 0.234 e. The van der Waals surface area contributed by atoms with Gasteiger partial charge in [-0.1, -0.05) is 65.7 Å². The van der Waals surface area contributed by atoms with Gasteiger partial charge in [0.2, 0.25) is 0 Å². The van der Waals surface area contributed by atoms with E-state index in [0.717, 1.165) is 0 Å². The Bertz CT molecular complexity index is 886. The van der Waals surface area contributed by atoms with Gasteiger partial charge in [0.1, 0.15) is 4.90 Å². The van der Waals surface area contributed by atoms with Crippen molar-refractivity contribution in [3.8, 4) is 0 Å². The molecule has 0 aliphatic rings. The molecule has 0 spiro atoms. The van der Waals surface area contributed by atoms with E-state index in [4.69, 9.17) is 23.2 Å². The molecule has 0 atom stereocenters. The summed E-state index contributed by atoms with van der Waals surface area (Å²) >= 11 is 12.3. The van der Waals surface area contributed by atoms with Crippen LogP contribution in [0.1, 0.15) is 0 Å². The van der Waals surface area contributed by atoms with Crippen molar-refractivity contribution < 1.29 is 8.42 Å². The van der Waals surface area contributed by atoms with E-state index in [1.54, 1.807) is 54.6 Å². The van der Waals surface area contributed by atoms with E-state index in [9.17, 15) is 8.42 Å². The molecule has 6 heteroatoms. The van der Waals surface area contributed by atoms with Gasteiger partial charge in [-0.2, -0.15) is 0 Å². The van der Waals surface area contributed by atoms with E-state index in [-0.39, 0.29) is 14.9 Å². The molecule has 0 amide bonds. The fourth-order valence-electron chi connectivity index (χ4n) is 2.37.